The third-order valence-corrected chi connectivity index (χ3v) is 7.68. The minimum atomic E-state index is -3.73. The van der Waals surface area contributed by atoms with Crippen LogP contribution in [0.1, 0.15) is 35.3 Å². The van der Waals surface area contributed by atoms with Crippen LogP contribution in [0.3, 0.4) is 0 Å². The molecule has 1 aliphatic rings. The summed E-state index contributed by atoms with van der Waals surface area (Å²) >= 11 is 5.91. The fraction of sp³-hybridized carbons (Fsp3) is 0.208. The van der Waals surface area contributed by atoms with Gasteiger partial charge in [-0.3, -0.25) is 9.10 Å². The number of halogens is 1. The van der Waals surface area contributed by atoms with Crippen LogP contribution in [0.4, 0.5) is 11.4 Å². The molecule has 1 amide bonds. The molecule has 0 spiro atoms. The van der Waals surface area contributed by atoms with Gasteiger partial charge in [-0.15, -0.1) is 0 Å². The van der Waals surface area contributed by atoms with Crippen LogP contribution in [-0.2, 0) is 22.9 Å². The van der Waals surface area contributed by atoms with E-state index in [1.807, 2.05) is 31.2 Å². The number of carbonyl (C=O) groups is 1. The molecule has 1 aliphatic heterocycles. The van der Waals surface area contributed by atoms with E-state index in [-0.39, 0.29) is 16.8 Å². The summed E-state index contributed by atoms with van der Waals surface area (Å²) in [6, 6.07) is 18.8. The van der Waals surface area contributed by atoms with Gasteiger partial charge in [0.2, 0.25) is 0 Å². The van der Waals surface area contributed by atoms with Gasteiger partial charge >= 0.3 is 0 Å². The molecule has 1 heterocycles. The van der Waals surface area contributed by atoms with Gasteiger partial charge in [-0.25, -0.2) is 8.42 Å². The van der Waals surface area contributed by atoms with Crippen molar-refractivity contribution in [3.05, 3.63) is 88.4 Å². The van der Waals surface area contributed by atoms with Crippen molar-refractivity contribution >= 4 is 38.9 Å². The van der Waals surface area contributed by atoms with Gasteiger partial charge in [0.15, 0.2) is 0 Å². The van der Waals surface area contributed by atoms with Gasteiger partial charge in [0.25, 0.3) is 15.9 Å². The molecule has 31 heavy (non-hydrogen) atoms. The lowest BCUT2D eigenvalue weighted by Crippen LogP contribution is -2.35. The van der Waals surface area contributed by atoms with Gasteiger partial charge in [-0.05, 0) is 85.5 Å². The van der Waals surface area contributed by atoms with Crippen LogP contribution in [0.25, 0.3) is 0 Å². The third-order valence-electron chi connectivity index (χ3n) is 5.49. The normalized spacial score (nSPS) is 15.6. The van der Waals surface area contributed by atoms with Gasteiger partial charge < -0.3 is 5.32 Å². The van der Waals surface area contributed by atoms with Crippen LogP contribution < -0.4 is 9.62 Å². The Morgan fingerprint density at radius 2 is 1.74 bits per heavy atom. The predicted molar refractivity (Wildman–Crippen MR) is 124 cm³/mol. The third kappa shape index (κ3) is 4.18. The van der Waals surface area contributed by atoms with Crippen LogP contribution in [0.15, 0.2) is 71.6 Å². The fourth-order valence-corrected chi connectivity index (χ4v) is 5.68. The molecular weight excluding hydrogens is 432 g/mol. The Hall–Kier alpha value is -2.83. The van der Waals surface area contributed by atoms with E-state index in [1.165, 1.54) is 22.0 Å². The summed E-state index contributed by atoms with van der Waals surface area (Å²) in [5.41, 5.74) is 3.86. The molecule has 1 N–H and O–H groups in total. The highest BCUT2D eigenvalue weighted by molar-refractivity contribution is 7.92. The molecule has 3 aromatic rings. The Morgan fingerprint density at radius 1 is 1.06 bits per heavy atom. The summed E-state index contributed by atoms with van der Waals surface area (Å²) in [6.07, 6.45) is 1.47. The highest BCUT2D eigenvalue weighted by atomic mass is 35.5. The van der Waals surface area contributed by atoms with Crippen LogP contribution in [0.2, 0.25) is 5.02 Å². The van der Waals surface area contributed by atoms with Crippen LogP contribution in [0.5, 0.6) is 0 Å². The zero-order valence-corrected chi connectivity index (χ0v) is 18.9. The fourth-order valence-electron chi connectivity index (χ4n) is 3.86. The first kappa shape index (κ1) is 21.4. The number of nitrogens with zero attached hydrogens (tertiary/aromatic N) is 1. The van der Waals surface area contributed by atoms with E-state index in [1.54, 1.807) is 30.3 Å². The standard InChI is InChI=1S/C24H23ClN2O3S/c1-3-17-4-9-21(10-5-17)26-24(28)18-6-13-23-19(15-18)14-16(2)27(23)31(29,30)22-11-7-20(25)8-12-22/h4-13,15-16H,3,14H2,1-2H3,(H,26,28)/t16-/m0/s1. The molecule has 7 heteroatoms. The van der Waals surface area contributed by atoms with Gasteiger partial charge in [0.1, 0.15) is 0 Å². The Bertz CT molecular complexity index is 1220. The van der Waals surface area contributed by atoms with Crippen molar-refractivity contribution in [3.63, 3.8) is 0 Å². The number of aryl methyl sites for hydroxylation is 1. The van der Waals surface area contributed by atoms with E-state index in [2.05, 4.69) is 12.2 Å². The summed E-state index contributed by atoms with van der Waals surface area (Å²) in [4.78, 5) is 12.9. The maximum atomic E-state index is 13.2. The van der Waals surface area contributed by atoms with Crippen molar-refractivity contribution in [2.45, 2.75) is 37.6 Å². The molecule has 160 valence electrons. The first-order chi connectivity index (χ1) is 14.8. The molecule has 0 aliphatic carbocycles. The lowest BCUT2D eigenvalue weighted by Gasteiger charge is -2.24. The number of hydrogen-bond donors (Lipinski definition) is 1. The number of fused-ring (bicyclic) bond motifs is 1. The van der Waals surface area contributed by atoms with Crippen molar-refractivity contribution in [2.75, 3.05) is 9.62 Å². The number of sulfonamides is 1. The van der Waals surface area contributed by atoms with Gasteiger partial charge in [-0.2, -0.15) is 0 Å². The van der Waals surface area contributed by atoms with Crippen molar-refractivity contribution in [1.29, 1.82) is 0 Å². The van der Waals surface area contributed by atoms with Crippen molar-refractivity contribution in [2.24, 2.45) is 0 Å². The zero-order chi connectivity index (χ0) is 22.2. The highest BCUT2D eigenvalue weighted by Crippen LogP contribution is 2.37. The molecule has 0 unspecified atom stereocenters. The lowest BCUT2D eigenvalue weighted by atomic mass is 10.1. The molecule has 0 saturated heterocycles. The topological polar surface area (TPSA) is 66.5 Å². The number of anilines is 2. The van der Waals surface area contributed by atoms with Crippen molar-refractivity contribution in [1.82, 2.24) is 0 Å². The molecule has 3 aromatic carbocycles. The van der Waals surface area contributed by atoms with E-state index in [0.29, 0.717) is 22.7 Å². The maximum Gasteiger partial charge on any atom is 0.264 e. The molecule has 0 radical (unpaired) electrons. The van der Waals surface area contributed by atoms with Gasteiger partial charge in [0.05, 0.1) is 10.6 Å². The first-order valence-corrected chi connectivity index (χ1v) is 11.9. The molecule has 4 rings (SSSR count). The Morgan fingerprint density at radius 3 is 2.39 bits per heavy atom. The van der Waals surface area contributed by atoms with E-state index < -0.39 is 10.0 Å². The second kappa shape index (κ2) is 8.36. The van der Waals surface area contributed by atoms with Crippen molar-refractivity contribution < 1.29 is 13.2 Å². The highest BCUT2D eigenvalue weighted by Gasteiger charge is 2.36. The van der Waals surface area contributed by atoms with E-state index in [4.69, 9.17) is 11.6 Å². The summed E-state index contributed by atoms with van der Waals surface area (Å²) in [7, 11) is -3.73. The zero-order valence-electron chi connectivity index (χ0n) is 17.3. The van der Waals surface area contributed by atoms with Crippen LogP contribution in [0, 0.1) is 0 Å². The average Bonchev–Trinajstić information content (AvgIpc) is 3.10. The van der Waals surface area contributed by atoms with Gasteiger partial charge in [0, 0.05) is 22.3 Å². The summed E-state index contributed by atoms with van der Waals surface area (Å²) < 4.78 is 27.9. The monoisotopic (exact) mass is 454 g/mol. The van der Waals surface area contributed by atoms with E-state index in [9.17, 15) is 13.2 Å². The minimum Gasteiger partial charge on any atom is -0.322 e. The molecule has 0 saturated carbocycles. The van der Waals surface area contributed by atoms with Crippen LogP contribution >= 0.6 is 11.6 Å². The Kier molecular flexibility index (Phi) is 5.77. The predicted octanol–water partition coefficient (Wildman–Crippen LogP) is 5.29. The summed E-state index contributed by atoms with van der Waals surface area (Å²) in [5, 5.41) is 3.38. The number of rotatable bonds is 5. The van der Waals surface area contributed by atoms with Crippen molar-refractivity contribution in [3.8, 4) is 0 Å². The molecule has 0 aromatic heterocycles. The van der Waals surface area contributed by atoms with Crippen LogP contribution in [-0.4, -0.2) is 20.4 Å². The smallest absolute Gasteiger partial charge is 0.264 e. The Labute approximate surface area is 187 Å². The maximum absolute atomic E-state index is 13.2. The minimum absolute atomic E-state index is 0.189. The Balaban J connectivity index is 1.60. The molecule has 1 atom stereocenters. The number of carbonyl (C=O) groups excluding carboxylic acids is 1. The van der Waals surface area contributed by atoms with E-state index in [0.717, 1.165) is 17.7 Å². The molecule has 0 fully saturated rings. The number of hydrogen-bond acceptors (Lipinski definition) is 3. The second-order valence-electron chi connectivity index (χ2n) is 7.66. The summed E-state index contributed by atoms with van der Waals surface area (Å²) in [6.45, 7) is 3.94. The SMILES string of the molecule is CCc1ccc(NC(=O)c2ccc3c(c2)C[C@H](C)N3S(=O)(=O)c2ccc(Cl)cc2)cc1. The molecular formula is C24H23ClN2O3S. The van der Waals surface area contributed by atoms with E-state index >= 15 is 0 Å². The van der Waals surface area contributed by atoms with Gasteiger partial charge in [-0.1, -0.05) is 30.7 Å². The quantitative estimate of drug-likeness (QED) is 0.569. The first-order valence-electron chi connectivity index (χ1n) is 10.1. The number of nitrogens with one attached hydrogen (secondary N) is 1. The molecule has 0 bridgehead atoms. The summed E-state index contributed by atoms with van der Waals surface area (Å²) in [5.74, 6) is -0.223. The number of benzene rings is 3. The average molecular weight is 455 g/mol. The number of amides is 1. The molecule has 5 nitrogen and oxygen atoms in total. The second-order valence-corrected chi connectivity index (χ2v) is 9.91. The lowest BCUT2D eigenvalue weighted by molar-refractivity contribution is 0.102. The largest absolute Gasteiger partial charge is 0.322 e.